The Bertz CT molecular complexity index is 891. The lowest BCUT2D eigenvalue weighted by molar-refractivity contribution is -0.146. The standard InChI is InChI=1S/C22H26FNO2/c1-13(2)19-20(25)24-18(12-26-21(24,4)5)22(19,23)17-11-10-14(3)15-8-6-7-9-16(15)17/h6-11,13,18-19H,12H2,1-5H3/t18?,19-,22-/m0/s1. The molecule has 0 spiro atoms. The van der Waals surface area contributed by atoms with Crippen LogP contribution in [0.3, 0.4) is 0 Å². The number of aryl methyl sites for hydroxylation is 1. The summed E-state index contributed by atoms with van der Waals surface area (Å²) in [7, 11) is 0. The van der Waals surface area contributed by atoms with E-state index in [1.807, 2.05) is 71.0 Å². The normalized spacial score (nSPS) is 30.4. The molecule has 1 unspecified atom stereocenters. The summed E-state index contributed by atoms with van der Waals surface area (Å²) in [5.74, 6) is -0.949. The van der Waals surface area contributed by atoms with Gasteiger partial charge in [0.2, 0.25) is 5.91 Å². The summed E-state index contributed by atoms with van der Waals surface area (Å²) < 4.78 is 22.9. The number of fused-ring (bicyclic) bond motifs is 2. The van der Waals surface area contributed by atoms with Crippen molar-refractivity contribution in [2.45, 2.75) is 52.1 Å². The molecule has 2 aromatic rings. The number of halogens is 1. The molecule has 0 saturated carbocycles. The van der Waals surface area contributed by atoms with Crippen molar-refractivity contribution in [3.05, 3.63) is 47.5 Å². The van der Waals surface area contributed by atoms with Crippen LogP contribution in [0.15, 0.2) is 36.4 Å². The lowest BCUT2D eigenvalue weighted by atomic mass is 9.74. The van der Waals surface area contributed by atoms with Gasteiger partial charge in [0.25, 0.3) is 0 Å². The first kappa shape index (κ1) is 17.5. The third-order valence-corrected chi connectivity index (χ3v) is 6.15. The Morgan fingerprint density at radius 2 is 1.81 bits per heavy atom. The quantitative estimate of drug-likeness (QED) is 0.790. The molecule has 2 fully saturated rings. The van der Waals surface area contributed by atoms with Crippen LogP contribution in [0.4, 0.5) is 4.39 Å². The smallest absolute Gasteiger partial charge is 0.232 e. The molecule has 2 saturated heterocycles. The van der Waals surface area contributed by atoms with Gasteiger partial charge in [-0.3, -0.25) is 4.79 Å². The van der Waals surface area contributed by atoms with Crippen molar-refractivity contribution in [1.29, 1.82) is 0 Å². The number of hydrogen-bond donors (Lipinski definition) is 0. The highest BCUT2D eigenvalue weighted by molar-refractivity contribution is 5.92. The van der Waals surface area contributed by atoms with E-state index in [1.165, 1.54) is 0 Å². The van der Waals surface area contributed by atoms with Crippen molar-refractivity contribution in [2.75, 3.05) is 6.61 Å². The Hall–Kier alpha value is -1.94. The van der Waals surface area contributed by atoms with Crippen LogP contribution in [-0.2, 0) is 15.2 Å². The number of rotatable bonds is 2. The average Bonchev–Trinajstić information content (AvgIpc) is 3.02. The van der Waals surface area contributed by atoms with E-state index < -0.39 is 23.4 Å². The highest BCUT2D eigenvalue weighted by atomic mass is 19.1. The molecule has 3 nitrogen and oxygen atoms in total. The minimum atomic E-state index is -1.77. The fourth-order valence-corrected chi connectivity index (χ4v) is 4.97. The Balaban J connectivity index is 2.00. The number of nitrogens with zero attached hydrogens (tertiary/aromatic N) is 1. The fraction of sp³-hybridized carbons (Fsp3) is 0.500. The number of alkyl halides is 1. The fourth-order valence-electron chi connectivity index (χ4n) is 4.97. The predicted octanol–water partition coefficient (Wildman–Crippen LogP) is 4.56. The SMILES string of the molecule is Cc1ccc([C@]2(F)C3COC(C)(C)N3C(=O)[C@@H]2C(C)C)c2ccccc12. The first-order valence-corrected chi connectivity index (χ1v) is 9.34. The molecular formula is C22H26FNO2. The van der Waals surface area contributed by atoms with Crippen LogP contribution in [-0.4, -0.2) is 29.2 Å². The van der Waals surface area contributed by atoms with Gasteiger partial charge in [-0.25, -0.2) is 4.39 Å². The number of ether oxygens (including phenoxy) is 1. The van der Waals surface area contributed by atoms with Crippen molar-refractivity contribution in [2.24, 2.45) is 11.8 Å². The van der Waals surface area contributed by atoms with E-state index in [0.717, 1.165) is 16.3 Å². The summed E-state index contributed by atoms with van der Waals surface area (Å²) in [5, 5.41) is 1.92. The van der Waals surface area contributed by atoms with Crippen LogP contribution >= 0.6 is 0 Å². The van der Waals surface area contributed by atoms with Gasteiger partial charge in [0.15, 0.2) is 5.67 Å². The largest absolute Gasteiger partial charge is 0.354 e. The minimum Gasteiger partial charge on any atom is -0.354 e. The molecule has 3 atom stereocenters. The maximum absolute atomic E-state index is 17.0. The molecule has 4 heteroatoms. The molecule has 0 radical (unpaired) electrons. The third kappa shape index (κ3) is 2.11. The van der Waals surface area contributed by atoms with Gasteiger partial charge in [0.05, 0.1) is 18.6 Å². The van der Waals surface area contributed by atoms with Crippen molar-refractivity contribution in [3.63, 3.8) is 0 Å². The number of carbonyl (C=O) groups is 1. The van der Waals surface area contributed by atoms with Crippen molar-refractivity contribution < 1.29 is 13.9 Å². The lowest BCUT2D eigenvalue weighted by Crippen LogP contribution is -2.45. The second-order valence-electron chi connectivity index (χ2n) is 8.45. The van der Waals surface area contributed by atoms with Gasteiger partial charge in [0.1, 0.15) is 5.72 Å². The summed E-state index contributed by atoms with van der Waals surface area (Å²) in [6.45, 7) is 9.82. The third-order valence-electron chi connectivity index (χ3n) is 6.15. The summed E-state index contributed by atoms with van der Waals surface area (Å²) in [4.78, 5) is 14.9. The Labute approximate surface area is 154 Å². The van der Waals surface area contributed by atoms with E-state index in [4.69, 9.17) is 4.74 Å². The average molecular weight is 355 g/mol. The highest BCUT2D eigenvalue weighted by Gasteiger charge is 2.67. The van der Waals surface area contributed by atoms with E-state index in [0.29, 0.717) is 5.56 Å². The van der Waals surface area contributed by atoms with E-state index in [1.54, 1.807) is 4.90 Å². The zero-order valence-electron chi connectivity index (χ0n) is 16.0. The molecule has 138 valence electrons. The zero-order valence-corrected chi connectivity index (χ0v) is 16.0. The molecule has 0 aromatic heterocycles. The van der Waals surface area contributed by atoms with Gasteiger partial charge in [-0.05, 0) is 48.6 Å². The van der Waals surface area contributed by atoms with Crippen molar-refractivity contribution in [3.8, 4) is 0 Å². The van der Waals surface area contributed by atoms with E-state index in [9.17, 15) is 4.79 Å². The number of hydrogen-bond acceptors (Lipinski definition) is 2. The Morgan fingerprint density at radius 3 is 2.46 bits per heavy atom. The lowest BCUT2D eigenvalue weighted by Gasteiger charge is -2.33. The molecular weight excluding hydrogens is 329 g/mol. The Morgan fingerprint density at radius 1 is 1.15 bits per heavy atom. The highest BCUT2D eigenvalue weighted by Crippen LogP contribution is 2.55. The summed E-state index contributed by atoms with van der Waals surface area (Å²) in [6, 6.07) is 11.1. The maximum atomic E-state index is 17.0. The Kier molecular flexibility index (Phi) is 3.71. The maximum Gasteiger partial charge on any atom is 0.232 e. The van der Waals surface area contributed by atoms with Crippen molar-refractivity contribution >= 4 is 16.7 Å². The van der Waals surface area contributed by atoms with Gasteiger partial charge in [0, 0.05) is 0 Å². The number of carbonyl (C=O) groups excluding carboxylic acids is 1. The van der Waals surface area contributed by atoms with E-state index in [2.05, 4.69) is 0 Å². The molecule has 0 bridgehead atoms. The number of benzene rings is 2. The van der Waals surface area contributed by atoms with Crippen LogP contribution in [0.5, 0.6) is 0 Å². The van der Waals surface area contributed by atoms with E-state index >= 15 is 4.39 Å². The summed E-state index contributed by atoms with van der Waals surface area (Å²) in [6.07, 6.45) is 0. The molecule has 26 heavy (non-hydrogen) atoms. The number of amides is 1. The molecule has 2 heterocycles. The molecule has 0 aliphatic carbocycles. The van der Waals surface area contributed by atoms with Gasteiger partial charge >= 0.3 is 0 Å². The van der Waals surface area contributed by atoms with Gasteiger partial charge in [-0.15, -0.1) is 0 Å². The van der Waals surface area contributed by atoms with Crippen LogP contribution < -0.4 is 0 Å². The van der Waals surface area contributed by atoms with Gasteiger partial charge in [-0.2, -0.15) is 0 Å². The van der Waals surface area contributed by atoms with Crippen molar-refractivity contribution in [1.82, 2.24) is 4.90 Å². The van der Waals surface area contributed by atoms with Gasteiger partial charge < -0.3 is 9.64 Å². The van der Waals surface area contributed by atoms with Crippen LogP contribution in [0.1, 0.15) is 38.8 Å². The molecule has 4 rings (SSSR count). The van der Waals surface area contributed by atoms with E-state index in [-0.39, 0.29) is 18.4 Å². The predicted molar refractivity (Wildman–Crippen MR) is 100 cm³/mol. The first-order valence-electron chi connectivity index (χ1n) is 9.34. The zero-order chi connectivity index (χ0) is 18.9. The molecule has 2 aliphatic heterocycles. The van der Waals surface area contributed by atoms with Gasteiger partial charge in [-0.1, -0.05) is 50.2 Å². The molecule has 2 aromatic carbocycles. The molecule has 0 N–H and O–H groups in total. The molecule has 1 amide bonds. The first-order chi connectivity index (χ1) is 12.2. The summed E-state index contributed by atoms with van der Waals surface area (Å²) in [5.41, 5.74) is -0.826. The molecule has 2 aliphatic rings. The second-order valence-corrected chi connectivity index (χ2v) is 8.45. The van der Waals surface area contributed by atoms with Crippen LogP contribution in [0, 0.1) is 18.8 Å². The monoisotopic (exact) mass is 355 g/mol. The van der Waals surface area contributed by atoms with Crippen LogP contribution in [0.2, 0.25) is 0 Å². The second kappa shape index (κ2) is 5.53. The summed E-state index contributed by atoms with van der Waals surface area (Å²) >= 11 is 0. The van der Waals surface area contributed by atoms with Crippen LogP contribution in [0.25, 0.3) is 10.8 Å². The topological polar surface area (TPSA) is 29.5 Å². The minimum absolute atomic E-state index is 0.103.